The maximum atomic E-state index is 13.2. The molecule has 1 amide bonds. The Kier molecular flexibility index (Phi) is 6.97. The van der Waals surface area contributed by atoms with Crippen LogP contribution in [0, 0.1) is 5.92 Å². The van der Waals surface area contributed by atoms with Gasteiger partial charge in [-0.25, -0.2) is 0 Å². The average Bonchev–Trinajstić information content (AvgIpc) is 2.89. The third kappa shape index (κ3) is 5.54. The molecule has 0 spiro atoms. The molecule has 1 unspecified atom stereocenters. The number of hydrogen-bond donors (Lipinski definition) is 1. The summed E-state index contributed by atoms with van der Waals surface area (Å²) < 4.78 is 38.8. The van der Waals surface area contributed by atoms with Crippen molar-refractivity contribution >= 4 is 11.6 Å². The molecule has 5 rings (SSSR count). The second-order valence-corrected chi connectivity index (χ2v) is 9.66. The molecule has 1 aliphatic carbocycles. The molecule has 0 bridgehead atoms. The zero-order valence-corrected chi connectivity index (χ0v) is 20.0. The monoisotopic (exact) mass is 490 g/mol. The van der Waals surface area contributed by atoms with Gasteiger partial charge in [0.2, 0.25) is 0 Å². The Morgan fingerprint density at radius 1 is 1.00 bits per heavy atom. The van der Waals surface area contributed by atoms with Gasteiger partial charge in [-0.1, -0.05) is 48.6 Å². The van der Waals surface area contributed by atoms with E-state index in [4.69, 9.17) is 0 Å². The fraction of sp³-hybridized carbons (Fsp3) is 0.300. The SMILES string of the molecule is O=C(Nc1ccc2c(c1)CCN(CC1C=CCCC1)C2)c1ccccc1-c1ccc(C(F)(F)F)cc1. The lowest BCUT2D eigenvalue weighted by atomic mass is 9.93. The van der Waals surface area contributed by atoms with Crippen molar-refractivity contribution in [3.63, 3.8) is 0 Å². The first kappa shape index (κ1) is 24.3. The van der Waals surface area contributed by atoms with Crippen LogP contribution in [0.5, 0.6) is 0 Å². The highest BCUT2D eigenvalue weighted by Gasteiger charge is 2.30. The van der Waals surface area contributed by atoms with Gasteiger partial charge >= 0.3 is 6.18 Å². The number of alkyl halides is 3. The minimum atomic E-state index is -4.40. The average molecular weight is 491 g/mol. The van der Waals surface area contributed by atoms with E-state index < -0.39 is 11.7 Å². The van der Waals surface area contributed by atoms with Crippen LogP contribution in [0.4, 0.5) is 18.9 Å². The Morgan fingerprint density at radius 2 is 1.81 bits per heavy atom. The van der Waals surface area contributed by atoms with Crippen LogP contribution in [0.25, 0.3) is 11.1 Å². The van der Waals surface area contributed by atoms with E-state index in [2.05, 4.69) is 28.4 Å². The Balaban J connectivity index is 1.28. The molecule has 3 nitrogen and oxygen atoms in total. The van der Waals surface area contributed by atoms with Gasteiger partial charge in [-0.15, -0.1) is 0 Å². The van der Waals surface area contributed by atoms with Gasteiger partial charge in [0.15, 0.2) is 0 Å². The molecular formula is C30H29F3N2O. The molecule has 0 radical (unpaired) electrons. The smallest absolute Gasteiger partial charge is 0.322 e. The number of hydrogen-bond acceptors (Lipinski definition) is 2. The zero-order valence-electron chi connectivity index (χ0n) is 20.0. The standard InChI is InChI=1S/C30H29F3N2O/c31-30(32,33)25-13-10-22(11-14-25)27-8-4-5-9-28(27)29(36)34-26-15-12-24-20-35(17-16-23(24)18-26)19-21-6-2-1-3-7-21/h2,4-6,8-15,18,21H,1,3,7,16-17,19-20H2,(H,34,36). The molecule has 1 N–H and O–H groups in total. The predicted octanol–water partition coefficient (Wildman–Crippen LogP) is 7.34. The van der Waals surface area contributed by atoms with Crippen molar-refractivity contribution in [3.8, 4) is 11.1 Å². The summed E-state index contributed by atoms with van der Waals surface area (Å²) in [6, 6.07) is 17.9. The number of benzene rings is 3. The van der Waals surface area contributed by atoms with E-state index >= 15 is 0 Å². The number of halogens is 3. The van der Waals surface area contributed by atoms with Crippen LogP contribution in [0.3, 0.4) is 0 Å². The molecule has 3 aromatic carbocycles. The van der Waals surface area contributed by atoms with Gasteiger partial charge < -0.3 is 5.32 Å². The van der Waals surface area contributed by atoms with Crippen molar-refractivity contribution in [2.24, 2.45) is 5.92 Å². The number of fused-ring (bicyclic) bond motifs is 1. The molecule has 0 aromatic heterocycles. The van der Waals surface area contributed by atoms with Gasteiger partial charge in [-0.2, -0.15) is 13.2 Å². The van der Waals surface area contributed by atoms with Crippen LogP contribution in [0.1, 0.15) is 46.3 Å². The Bertz CT molecular complexity index is 1260. The summed E-state index contributed by atoms with van der Waals surface area (Å²) in [5.74, 6) is 0.357. The van der Waals surface area contributed by atoms with E-state index in [0.717, 1.165) is 43.9 Å². The van der Waals surface area contributed by atoms with Crippen molar-refractivity contribution in [2.75, 3.05) is 18.4 Å². The zero-order chi connectivity index (χ0) is 25.1. The van der Waals surface area contributed by atoms with Crippen molar-refractivity contribution < 1.29 is 18.0 Å². The fourth-order valence-corrected chi connectivity index (χ4v) is 5.18. The molecular weight excluding hydrogens is 461 g/mol. The fourth-order valence-electron chi connectivity index (χ4n) is 5.18. The van der Waals surface area contributed by atoms with Crippen molar-refractivity contribution in [3.05, 3.63) is 101 Å². The maximum absolute atomic E-state index is 13.2. The first-order valence-corrected chi connectivity index (χ1v) is 12.5. The van der Waals surface area contributed by atoms with Crippen molar-refractivity contribution in [2.45, 2.75) is 38.4 Å². The van der Waals surface area contributed by atoms with E-state index in [1.54, 1.807) is 24.3 Å². The van der Waals surface area contributed by atoms with Crippen LogP contribution in [0.15, 0.2) is 78.9 Å². The molecule has 0 fully saturated rings. The van der Waals surface area contributed by atoms with E-state index in [1.807, 2.05) is 12.1 Å². The number of allylic oxidation sites excluding steroid dienone is 1. The Labute approximate surface area is 209 Å². The number of anilines is 1. The van der Waals surface area contributed by atoms with Gasteiger partial charge in [0.05, 0.1) is 5.56 Å². The van der Waals surface area contributed by atoms with Gasteiger partial charge in [0.25, 0.3) is 5.91 Å². The number of rotatable bonds is 5. The predicted molar refractivity (Wildman–Crippen MR) is 137 cm³/mol. The molecule has 1 aliphatic heterocycles. The maximum Gasteiger partial charge on any atom is 0.416 e. The lowest BCUT2D eigenvalue weighted by Gasteiger charge is -2.32. The molecule has 2 aliphatic rings. The number of nitrogens with zero attached hydrogens (tertiary/aromatic N) is 1. The molecule has 0 saturated heterocycles. The highest BCUT2D eigenvalue weighted by molar-refractivity contribution is 6.08. The number of nitrogens with one attached hydrogen (secondary N) is 1. The Morgan fingerprint density at radius 3 is 2.56 bits per heavy atom. The first-order valence-electron chi connectivity index (χ1n) is 12.5. The largest absolute Gasteiger partial charge is 0.416 e. The van der Waals surface area contributed by atoms with E-state index in [9.17, 15) is 18.0 Å². The lowest BCUT2D eigenvalue weighted by Crippen LogP contribution is -2.34. The summed E-state index contributed by atoms with van der Waals surface area (Å²) in [6.07, 6.45) is 4.94. The molecule has 6 heteroatoms. The number of carbonyl (C=O) groups is 1. The number of carbonyl (C=O) groups excluding carboxylic acids is 1. The normalized spacial score (nSPS) is 18.0. The molecule has 0 saturated carbocycles. The minimum absolute atomic E-state index is 0.285. The van der Waals surface area contributed by atoms with Gasteiger partial charge in [0, 0.05) is 30.9 Å². The van der Waals surface area contributed by atoms with Gasteiger partial charge in [-0.3, -0.25) is 9.69 Å². The molecule has 186 valence electrons. The summed E-state index contributed by atoms with van der Waals surface area (Å²) in [5.41, 5.74) is 4.13. The first-order chi connectivity index (χ1) is 17.4. The topological polar surface area (TPSA) is 32.3 Å². The van der Waals surface area contributed by atoms with E-state index in [-0.39, 0.29) is 5.91 Å². The summed E-state index contributed by atoms with van der Waals surface area (Å²) in [4.78, 5) is 15.7. The lowest BCUT2D eigenvalue weighted by molar-refractivity contribution is -0.137. The van der Waals surface area contributed by atoms with Crippen LogP contribution >= 0.6 is 0 Å². The van der Waals surface area contributed by atoms with Crippen LogP contribution in [0.2, 0.25) is 0 Å². The highest BCUT2D eigenvalue weighted by atomic mass is 19.4. The van der Waals surface area contributed by atoms with Crippen LogP contribution in [-0.4, -0.2) is 23.9 Å². The third-order valence-electron chi connectivity index (χ3n) is 7.10. The number of amides is 1. The summed E-state index contributed by atoms with van der Waals surface area (Å²) in [7, 11) is 0. The molecule has 1 atom stereocenters. The summed E-state index contributed by atoms with van der Waals surface area (Å²) in [5, 5.41) is 2.99. The molecule has 36 heavy (non-hydrogen) atoms. The Hall–Kier alpha value is -3.38. The van der Waals surface area contributed by atoms with E-state index in [1.165, 1.54) is 42.5 Å². The van der Waals surface area contributed by atoms with Crippen molar-refractivity contribution in [1.82, 2.24) is 4.90 Å². The summed E-state index contributed by atoms with van der Waals surface area (Å²) >= 11 is 0. The van der Waals surface area contributed by atoms with E-state index in [0.29, 0.717) is 22.6 Å². The molecule has 3 aromatic rings. The third-order valence-corrected chi connectivity index (χ3v) is 7.10. The van der Waals surface area contributed by atoms with Gasteiger partial charge in [-0.05, 0) is 84.2 Å². The highest BCUT2D eigenvalue weighted by Crippen LogP contribution is 2.32. The second kappa shape index (κ2) is 10.3. The minimum Gasteiger partial charge on any atom is -0.322 e. The van der Waals surface area contributed by atoms with Crippen molar-refractivity contribution in [1.29, 1.82) is 0 Å². The quantitative estimate of drug-likeness (QED) is 0.380. The second-order valence-electron chi connectivity index (χ2n) is 9.66. The van der Waals surface area contributed by atoms with Gasteiger partial charge in [0.1, 0.15) is 0 Å². The van der Waals surface area contributed by atoms with Crippen LogP contribution < -0.4 is 5.32 Å². The molecule has 1 heterocycles. The van der Waals surface area contributed by atoms with Crippen LogP contribution in [-0.2, 0) is 19.1 Å². The summed E-state index contributed by atoms with van der Waals surface area (Å²) in [6.45, 7) is 3.02.